The fourth-order valence-electron chi connectivity index (χ4n) is 2.49. The van der Waals surface area contributed by atoms with Gasteiger partial charge in [-0.05, 0) is 25.8 Å². The van der Waals surface area contributed by atoms with Crippen LogP contribution in [0.3, 0.4) is 0 Å². The van der Waals surface area contributed by atoms with Gasteiger partial charge in [-0.1, -0.05) is 13.0 Å². The number of aromatic nitrogens is 1. The number of primary amides is 1. The Labute approximate surface area is 123 Å². The number of oxazole rings is 1. The van der Waals surface area contributed by atoms with Gasteiger partial charge in [-0.15, -0.1) is 0 Å². The van der Waals surface area contributed by atoms with E-state index in [0.717, 1.165) is 0 Å². The molecule has 1 aromatic rings. The minimum Gasteiger partial charge on any atom is -0.445 e. The van der Waals surface area contributed by atoms with Gasteiger partial charge >= 0.3 is 0 Å². The minimum absolute atomic E-state index is 0.122. The summed E-state index contributed by atoms with van der Waals surface area (Å²) < 4.78 is 5.27. The van der Waals surface area contributed by atoms with Gasteiger partial charge in [0.15, 0.2) is 0 Å². The van der Waals surface area contributed by atoms with E-state index in [1.165, 1.54) is 12.5 Å². The predicted octanol–water partition coefficient (Wildman–Crippen LogP) is 1.41. The first-order valence-corrected chi connectivity index (χ1v) is 6.94. The summed E-state index contributed by atoms with van der Waals surface area (Å²) in [6.07, 6.45) is 7.25. The molecule has 0 bridgehead atoms. The van der Waals surface area contributed by atoms with Crippen LogP contribution in [-0.4, -0.2) is 23.3 Å². The molecule has 3 N–H and O–H groups in total. The molecule has 0 fully saturated rings. The Morgan fingerprint density at radius 1 is 1.48 bits per heavy atom. The first-order valence-electron chi connectivity index (χ1n) is 6.94. The summed E-state index contributed by atoms with van der Waals surface area (Å²) >= 11 is 0. The van der Waals surface area contributed by atoms with Crippen molar-refractivity contribution in [2.75, 3.05) is 6.54 Å². The molecular formula is C15H19N3O3. The number of carbonyl (C=O) groups excluding carboxylic acids is 2. The van der Waals surface area contributed by atoms with E-state index in [-0.39, 0.29) is 12.3 Å². The van der Waals surface area contributed by atoms with Crippen LogP contribution in [-0.2, 0) is 9.59 Å². The second kappa shape index (κ2) is 5.95. The van der Waals surface area contributed by atoms with Gasteiger partial charge in [-0.2, -0.15) is 0 Å². The van der Waals surface area contributed by atoms with Gasteiger partial charge in [0.2, 0.25) is 17.7 Å². The molecule has 0 radical (unpaired) electrons. The van der Waals surface area contributed by atoms with E-state index in [4.69, 9.17) is 10.2 Å². The van der Waals surface area contributed by atoms with Crippen molar-refractivity contribution in [2.45, 2.75) is 26.7 Å². The van der Waals surface area contributed by atoms with Crippen LogP contribution in [0.25, 0.3) is 5.57 Å². The van der Waals surface area contributed by atoms with Crippen LogP contribution in [0.4, 0.5) is 0 Å². The molecule has 6 heteroatoms. The zero-order valence-electron chi connectivity index (χ0n) is 12.2. The fraction of sp³-hybridized carbons (Fsp3) is 0.400. The normalized spacial score (nSPS) is 21.4. The largest absolute Gasteiger partial charge is 0.445 e. The molecule has 1 unspecified atom stereocenters. The summed E-state index contributed by atoms with van der Waals surface area (Å²) in [5.41, 5.74) is 5.62. The Morgan fingerprint density at radius 3 is 2.76 bits per heavy atom. The number of carbonyl (C=O) groups is 2. The molecule has 1 aliphatic rings. The third kappa shape index (κ3) is 2.89. The lowest BCUT2D eigenvalue weighted by atomic mass is 9.73. The van der Waals surface area contributed by atoms with Gasteiger partial charge in [-0.3, -0.25) is 9.59 Å². The third-order valence-corrected chi connectivity index (χ3v) is 3.68. The number of nitrogens with one attached hydrogen (secondary N) is 1. The number of allylic oxidation sites excluding steroid dienone is 2. The van der Waals surface area contributed by atoms with Gasteiger partial charge < -0.3 is 15.5 Å². The summed E-state index contributed by atoms with van der Waals surface area (Å²) in [4.78, 5) is 28.1. The molecule has 112 valence electrons. The summed E-state index contributed by atoms with van der Waals surface area (Å²) in [6, 6.07) is 0. The molecular weight excluding hydrogens is 270 g/mol. The molecule has 2 amide bonds. The van der Waals surface area contributed by atoms with Crippen molar-refractivity contribution in [3.8, 4) is 0 Å². The summed E-state index contributed by atoms with van der Waals surface area (Å²) in [5, 5.41) is 2.82. The lowest BCUT2D eigenvalue weighted by Crippen LogP contribution is -2.41. The lowest BCUT2D eigenvalue weighted by Gasteiger charge is -2.31. The van der Waals surface area contributed by atoms with E-state index in [9.17, 15) is 9.59 Å². The Morgan fingerprint density at radius 2 is 2.24 bits per heavy atom. The van der Waals surface area contributed by atoms with Gasteiger partial charge in [0, 0.05) is 17.7 Å². The molecule has 1 heterocycles. The summed E-state index contributed by atoms with van der Waals surface area (Å²) in [7, 11) is 0. The van der Waals surface area contributed by atoms with Crippen LogP contribution >= 0.6 is 0 Å². The molecule has 0 aliphatic heterocycles. The van der Waals surface area contributed by atoms with Crippen LogP contribution in [0.1, 0.15) is 32.6 Å². The van der Waals surface area contributed by atoms with E-state index >= 15 is 0 Å². The van der Waals surface area contributed by atoms with Gasteiger partial charge in [0.05, 0.1) is 11.6 Å². The molecule has 1 aromatic heterocycles. The smallest absolute Gasteiger partial charge is 0.244 e. The van der Waals surface area contributed by atoms with Crippen LogP contribution in [0, 0.1) is 5.41 Å². The number of amides is 2. The number of nitrogens with zero attached hydrogens (tertiary/aromatic N) is 1. The molecule has 0 saturated carbocycles. The SMILES string of the molecule is CCNC(=O)C1(CC)C=C(c2ncco2)C=C(C(N)=O)C1. The number of rotatable bonds is 5. The quantitative estimate of drug-likeness (QED) is 0.856. The predicted molar refractivity (Wildman–Crippen MR) is 77.8 cm³/mol. The number of hydrogen-bond donors (Lipinski definition) is 2. The highest BCUT2D eigenvalue weighted by molar-refractivity contribution is 5.99. The van der Waals surface area contributed by atoms with E-state index in [2.05, 4.69) is 10.3 Å². The minimum atomic E-state index is -0.807. The molecule has 21 heavy (non-hydrogen) atoms. The zero-order valence-corrected chi connectivity index (χ0v) is 12.2. The molecule has 1 aliphatic carbocycles. The second-order valence-corrected chi connectivity index (χ2v) is 5.02. The summed E-state index contributed by atoms with van der Waals surface area (Å²) in [6.45, 7) is 4.29. The molecule has 1 atom stereocenters. The zero-order chi connectivity index (χ0) is 15.5. The first kappa shape index (κ1) is 15.0. The van der Waals surface area contributed by atoms with Crippen molar-refractivity contribution >= 4 is 17.4 Å². The Balaban J connectivity index is 2.50. The molecule has 0 aromatic carbocycles. The van der Waals surface area contributed by atoms with Crippen molar-refractivity contribution in [3.05, 3.63) is 36.1 Å². The second-order valence-electron chi connectivity index (χ2n) is 5.02. The van der Waals surface area contributed by atoms with E-state index in [0.29, 0.717) is 30.0 Å². The summed E-state index contributed by atoms with van der Waals surface area (Å²) in [5.74, 6) is -0.284. The van der Waals surface area contributed by atoms with Crippen molar-refractivity contribution in [1.29, 1.82) is 0 Å². The van der Waals surface area contributed by atoms with Crippen LogP contribution in [0.2, 0.25) is 0 Å². The monoisotopic (exact) mass is 289 g/mol. The maximum atomic E-state index is 12.4. The van der Waals surface area contributed by atoms with Crippen molar-refractivity contribution in [3.63, 3.8) is 0 Å². The topological polar surface area (TPSA) is 98.2 Å². The average Bonchev–Trinajstić information content (AvgIpc) is 3.01. The highest BCUT2D eigenvalue weighted by Crippen LogP contribution is 2.40. The van der Waals surface area contributed by atoms with Crippen molar-refractivity contribution < 1.29 is 14.0 Å². The molecule has 6 nitrogen and oxygen atoms in total. The fourth-order valence-corrected chi connectivity index (χ4v) is 2.49. The molecule has 0 saturated heterocycles. The number of hydrogen-bond acceptors (Lipinski definition) is 4. The van der Waals surface area contributed by atoms with Crippen molar-refractivity contribution in [2.24, 2.45) is 11.1 Å². The van der Waals surface area contributed by atoms with Gasteiger partial charge in [0.1, 0.15) is 6.26 Å². The van der Waals surface area contributed by atoms with Crippen LogP contribution < -0.4 is 11.1 Å². The first-order chi connectivity index (χ1) is 10.0. The Bertz CT molecular complexity index is 602. The van der Waals surface area contributed by atoms with E-state index in [1.54, 1.807) is 6.08 Å². The van der Waals surface area contributed by atoms with Crippen LogP contribution in [0.5, 0.6) is 0 Å². The van der Waals surface area contributed by atoms with Gasteiger partial charge in [0.25, 0.3) is 0 Å². The standard InChI is InChI=1S/C15H19N3O3/c1-3-15(14(20)17-4-2)8-10(12(16)19)7-11(9-15)13-18-5-6-21-13/h5-7,9H,3-4,8H2,1-2H3,(H2,16,19)(H,17,20). The molecule has 0 spiro atoms. The Kier molecular flexibility index (Phi) is 4.26. The van der Waals surface area contributed by atoms with E-state index < -0.39 is 11.3 Å². The van der Waals surface area contributed by atoms with E-state index in [1.807, 2.05) is 19.9 Å². The highest BCUT2D eigenvalue weighted by Gasteiger charge is 2.39. The molecule has 2 rings (SSSR count). The average molecular weight is 289 g/mol. The highest BCUT2D eigenvalue weighted by atomic mass is 16.3. The van der Waals surface area contributed by atoms with Gasteiger partial charge in [-0.25, -0.2) is 4.98 Å². The number of nitrogens with two attached hydrogens (primary N) is 1. The lowest BCUT2D eigenvalue weighted by molar-refractivity contribution is -0.128. The third-order valence-electron chi connectivity index (χ3n) is 3.68. The Hall–Kier alpha value is -2.37. The van der Waals surface area contributed by atoms with Crippen LogP contribution in [0.15, 0.2) is 34.6 Å². The van der Waals surface area contributed by atoms with Crippen molar-refractivity contribution in [1.82, 2.24) is 10.3 Å². The maximum absolute atomic E-state index is 12.4. The maximum Gasteiger partial charge on any atom is 0.244 e.